The van der Waals surface area contributed by atoms with Gasteiger partial charge >= 0.3 is 0 Å². The van der Waals surface area contributed by atoms with Crippen molar-refractivity contribution >= 4 is 31.6 Å². The van der Waals surface area contributed by atoms with Crippen molar-refractivity contribution in [2.24, 2.45) is 0 Å². The molecular weight excluding hydrogens is 394 g/mol. The van der Waals surface area contributed by atoms with Gasteiger partial charge in [-0.15, -0.1) is 0 Å². The number of amides is 1. The van der Waals surface area contributed by atoms with Crippen LogP contribution >= 0.6 is 0 Å². The normalized spacial score (nSPS) is 13.4. The van der Waals surface area contributed by atoms with Gasteiger partial charge in [-0.05, 0) is 32.0 Å². The van der Waals surface area contributed by atoms with Crippen LogP contribution in [0.3, 0.4) is 0 Å². The van der Waals surface area contributed by atoms with Crippen LogP contribution in [0, 0.1) is 0 Å². The van der Waals surface area contributed by atoms with E-state index in [1.165, 1.54) is 29.4 Å². The number of rotatable bonds is 10. The SMILES string of the molecule is CCOc1ccc(NC(=O)[C@H](C)NS(C)(=O)=O)cc1S(=O)(=O)N(CC)CC. The van der Waals surface area contributed by atoms with Crippen LogP contribution < -0.4 is 14.8 Å². The molecule has 0 aliphatic rings. The second kappa shape index (κ2) is 9.49. The van der Waals surface area contributed by atoms with E-state index in [9.17, 15) is 21.6 Å². The first kappa shape index (κ1) is 23.3. The molecule has 9 nitrogen and oxygen atoms in total. The van der Waals surface area contributed by atoms with E-state index in [-0.39, 0.29) is 36.0 Å². The van der Waals surface area contributed by atoms with Crippen LogP contribution in [0.25, 0.3) is 0 Å². The minimum atomic E-state index is -3.82. The van der Waals surface area contributed by atoms with E-state index in [4.69, 9.17) is 4.74 Å². The Bertz CT molecular complexity index is 864. The largest absolute Gasteiger partial charge is 0.492 e. The fourth-order valence-electron chi connectivity index (χ4n) is 2.39. The highest BCUT2D eigenvalue weighted by Gasteiger charge is 2.27. The standard InChI is InChI=1S/C16H27N3O6S2/c1-6-19(7-2)27(23,24)15-11-13(9-10-14(15)25-8-3)17-16(20)12(4)18-26(5,21)22/h9-12,18H,6-8H2,1-5H3,(H,17,20)/t12-/m0/s1. The topological polar surface area (TPSA) is 122 Å². The van der Waals surface area contributed by atoms with Crippen molar-refractivity contribution in [1.29, 1.82) is 0 Å². The smallest absolute Gasteiger partial charge is 0.246 e. The first-order valence-electron chi connectivity index (χ1n) is 8.51. The molecule has 0 unspecified atom stereocenters. The van der Waals surface area contributed by atoms with Crippen molar-refractivity contribution in [3.05, 3.63) is 18.2 Å². The zero-order chi connectivity index (χ0) is 20.8. The summed E-state index contributed by atoms with van der Waals surface area (Å²) in [6.45, 7) is 7.44. The van der Waals surface area contributed by atoms with Gasteiger partial charge in [-0.25, -0.2) is 21.6 Å². The predicted molar refractivity (Wildman–Crippen MR) is 104 cm³/mol. The van der Waals surface area contributed by atoms with Gasteiger partial charge < -0.3 is 10.1 Å². The number of hydrogen-bond donors (Lipinski definition) is 2. The summed E-state index contributed by atoms with van der Waals surface area (Å²) in [5.41, 5.74) is 0.219. The molecule has 0 fully saturated rings. The number of anilines is 1. The number of ether oxygens (including phenoxy) is 1. The molecule has 0 heterocycles. The molecule has 0 aliphatic carbocycles. The lowest BCUT2D eigenvalue weighted by molar-refractivity contribution is -0.117. The molecular formula is C16H27N3O6S2. The average molecular weight is 422 g/mol. The molecule has 0 aromatic heterocycles. The molecule has 0 bridgehead atoms. The van der Waals surface area contributed by atoms with Gasteiger partial charge in [0, 0.05) is 18.8 Å². The van der Waals surface area contributed by atoms with Gasteiger partial charge in [0.25, 0.3) is 0 Å². The first-order chi connectivity index (χ1) is 12.5. The molecule has 0 spiro atoms. The van der Waals surface area contributed by atoms with E-state index < -0.39 is 32.0 Å². The zero-order valence-electron chi connectivity index (χ0n) is 16.1. The highest BCUT2D eigenvalue weighted by atomic mass is 32.2. The molecule has 1 aromatic carbocycles. The van der Waals surface area contributed by atoms with Gasteiger partial charge in [0.05, 0.1) is 18.9 Å². The number of carbonyl (C=O) groups is 1. The summed E-state index contributed by atoms with van der Waals surface area (Å²) in [6.07, 6.45) is 0.947. The number of sulfonamides is 2. The summed E-state index contributed by atoms with van der Waals surface area (Å²) < 4.78 is 57.1. The van der Waals surface area contributed by atoms with Crippen LogP contribution in [0.15, 0.2) is 23.1 Å². The van der Waals surface area contributed by atoms with Crippen molar-refractivity contribution in [3.63, 3.8) is 0 Å². The zero-order valence-corrected chi connectivity index (χ0v) is 17.8. The van der Waals surface area contributed by atoms with Crippen molar-refractivity contribution in [3.8, 4) is 5.75 Å². The molecule has 11 heteroatoms. The summed E-state index contributed by atoms with van der Waals surface area (Å²) in [4.78, 5) is 12.1. The summed E-state index contributed by atoms with van der Waals surface area (Å²) >= 11 is 0. The quantitative estimate of drug-likeness (QED) is 0.581. The maximum Gasteiger partial charge on any atom is 0.246 e. The maximum atomic E-state index is 12.9. The summed E-state index contributed by atoms with van der Waals surface area (Å²) in [6, 6.07) is 3.25. The fraction of sp³-hybridized carbons (Fsp3) is 0.562. The Morgan fingerprint density at radius 2 is 1.74 bits per heavy atom. The molecule has 2 N–H and O–H groups in total. The highest BCUT2D eigenvalue weighted by Crippen LogP contribution is 2.30. The molecule has 27 heavy (non-hydrogen) atoms. The number of benzene rings is 1. The van der Waals surface area contributed by atoms with E-state index in [1.807, 2.05) is 0 Å². The number of nitrogens with one attached hydrogen (secondary N) is 2. The predicted octanol–water partition coefficient (Wildman–Crippen LogP) is 0.992. The first-order valence-corrected chi connectivity index (χ1v) is 11.8. The van der Waals surface area contributed by atoms with Crippen LogP contribution in [-0.2, 0) is 24.8 Å². The van der Waals surface area contributed by atoms with Crippen molar-refractivity contribution < 1.29 is 26.4 Å². The molecule has 1 rings (SSSR count). The Hall–Kier alpha value is -1.69. The van der Waals surface area contributed by atoms with Gasteiger partial charge in [0.15, 0.2) is 0 Å². The lowest BCUT2D eigenvalue weighted by atomic mass is 10.2. The number of hydrogen-bond acceptors (Lipinski definition) is 6. The molecule has 0 saturated carbocycles. The van der Waals surface area contributed by atoms with Crippen LogP contribution in [0.5, 0.6) is 5.75 Å². The van der Waals surface area contributed by atoms with E-state index in [1.54, 1.807) is 20.8 Å². The lowest BCUT2D eigenvalue weighted by Gasteiger charge is -2.21. The third-order valence-electron chi connectivity index (χ3n) is 3.62. The van der Waals surface area contributed by atoms with Gasteiger partial charge in [-0.2, -0.15) is 4.31 Å². The molecule has 0 aliphatic heterocycles. The lowest BCUT2D eigenvalue weighted by Crippen LogP contribution is -2.41. The Morgan fingerprint density at radius 3 is 2.22 bits per heavy atom. The molecule has 0 saturated heterocycles. The molecule has 1 atom stereocenters. The maximum absolute atomic E-state index is 12.9. The van der Waals surface area contributed by atoms with E-state index in [2.05, 4.69) is 10.0 Å². The van der Waals surface area contributed by atoms with E-state index in [0.29, 0.717) is 0 Å². The Balaban J connectivity index is 3.24. The fourth-order valence-corrected chi connectivity index (χ4v) is 4.75. The number of nitrogens with zero attached hydrogens (tertiary/aromatic N) is 1. The number of carbonyl (C=O) groups excluding carboxylic acids is 1. The minimum Gasteiger partial charge on any atom is -0.492 e. The van der Waals surface area contributed by atoms with Crippen LogP contribution in [-0.4, -0.2) is 59.0 Å². The third kappa shape index (κ3) is 6.45. The summed E-state index contributed by atoms with van der Waals surface area (Å²) in [7, 11) is -7.37. The van der Waals surface area contributed by atoms with E-state index >= 15 is 0 Å². The van der Waals surface area contributed by atoms with Gasteiger partial charge in [-0.3, -0.25) is 4.79 Å². The van der Waals surface area contributed by atoms with Gasteiger partial charge in [0.2, 0.25) is 26.0 Å². The van der Waals surface area contributed by atoms with Crippen LogP contribution in [0.1, 0.15) is 27.7 Å². The Kier molecular flexibility index (Phi) is 8.21. The average Bonchev–Trinajstić information content (AvgIpc) is 2.55. The van der Waals surface area contributed by atoms with E-state index in [0.717, 1.165) is 6.26 Å². The second-order valence-electron chi connectivity index (χ2n) is 5.78. The third-order valence-corrected chi connectivity index (χ3v) is 6.47. The second-order valence-corrected chi connectivity index (χ2v) is 9.47. The van der Waals surface area contributed by atoms with Crippen LogP contribution in [0.4, 0.5) is 5.69 Å². The van der Waals surface area contributed by atoms with Crippen molar-refractivity contribution in [2.45, 2.75) is 38.6 Å². The molecule has 1 aromatic rings. The summed E-state index contributed by atoms with van der Waals surface area (Å²) in [5.74, 6) is -0.430. The molecule has 0 radical (unpaired) electrons. The van der Waals surface area contributed by atoms with Crippen molar-refractivity contribution in [1.82, 2.24) is 9.03 Å². The Labute approximate surface area is 161 Å². The highest BCUT2D eigenvalue weighted by molar-refractivity contribution is 7.89. The monoisotopic (exact) mass is 421 g/mol. The summed E-state index contributed by atoms with van der Waals surface area (Å²) in [5, 5.41) is 2.52. The Morgan fingerprint density at radius 1 is 1.15 bits per heavy atom. The molecule has 1 amide bonds. The van der Waals surface area contributed by atoms with Gasteiger partial charge in [0.1, 0.15) is 10.6 Å². The van der Waals surface area contributed by atoms with Gasteiger partial charge in [-0.1, -0.05) is 13.8 Å². The minimum absolute atomic E-state index is 0.0606. The molecule has 154 valence electrons. The van der Waals surface area contributed by atoms with Crippen LogP contribution in [0.2, 0.25) is 0 Å². The van der Waals surface area contributed by atoms with Crippen molar-refractivity contribution in [2.75, 3.05) is 31.3 Å².